The molecule has 0 bridgehead atoms. The monoisotopic (exact) mass is 345 g/mol. The van der Waals surface area contributed by atoms with Gasteiger partial charge in [0.25, 0.3) is 0 Å². The summed E-state index contributed by atoms with van der Waals surface area (Å²) < 4.78 is 11.4. The predicted octanol–water partition coefficient (Wildman–Crippen LogP) is 4.15. The van der Waals surface area contributed by atoms with Crippen LogP contribution in [0.1, 0.15) is 18.9 Å². The fraction of sp³-hybridized carbons (Fsp3) is 0.316. The van der Waals surface area contributed by atoms with Gasteiger partial charge in [-0.15, -0.1) is 0 Å². The van der Waals surface area contributed by atoms with Gasteiger partial charge >= 0.3 is 0 Å². The Bertz CT molecular complexity index is 760. The zero-order valence-corrected chi connectivity index (χ0v) is 14.6. The molecule has 1 amide bonds. The van der Waals surface area contributed by atoms with E-state index in [0.717, 1.165) is 22.4 Å². The van der Waals surface area contributed by atoms with Crippen LogP contribution in [0.2, 0.25) is 5.02 Å². The number of halogens is 1. The smallest absolute Gasteiger partial charge is 0.222 e. The third kappa shape index (κ3) is 3.34. The highest BCUT2D eigenvalue weighted by molar-refractivity contribution is 6.30. The fourth-order valence-electron chi connectivity index (χ4n) is 2.91. The van der Waals surface area contributed by atoms with Gasteiger partial charge in [-0.1, -0.05) is 30.7 Å². The maximum atomic E-state index is 12.1. The van der Waals surface area contributed by atoms with Crippen LogP contribution in [0.5, 0.6) is 11.5 Å². The summed E-state index contributed by atoms with van der Waals surface area (Å²) in [5.74, 6) is 1.52. The van der Waals surface area contributed by atoms with Gasteiger partial charge in [0.15, 0.2) is 11.5 Å². The molecule has 0 saturated heterocycles. The first-order valence-corrected chi connectivity index (χ1v) is 8.37. The van der Waals surface area contributed by atoms with Crippen molar-refractivity contribution in [3.05, 3.63) is 47.0 Å². The van der Waals surface area contributed by atoms with Gasteiger partial charge in [0, 0.05) is 23.6 Å². The fourth-order valence-corrected chi connectivity index (χ4v) is 3.10. The molecule has 1 heterocycles. The first kappa shape index (κ1) is 16.7. The van der Waals surface area contributed by atoms with Gasteiger partial charge in [0.2, 0.25) is 5.91 Å². The second-order valence-electron chi connectivity index (χ2n) is 5.69. The molecule has 4 nitrogen and oxygen atoms in total. The van der Waals surface area contributed by atoms with E-state index in [1.807, 2.05) is 48.2 Å². The highest BCUT2D eigenvalue weighted by atomic mass is 35.5. The number of carbonyl (C=O) groups is 1. The van der Waals surface area contributed by atoms with Crippen molar-refractivity contribution in [1.29, 1.82) is 0 Å². The minimum Gasteiger partial charge on any atom is -0.493 e. The third-order valence-corrected chi connectivity index (χ3v) is 4.37. The van der Waals surface area contributed by atoms with Crippen LogP contribution in [0.15, 0.2) is 36.4 Å². The van der Waals surface area contributed by atoms with E-state index in [4.69, 9.17) is 21.1 Å². The summed E-state index contributed by atoms with van der Waals surface area (Å²) in [5, 5.41) is 0.681. The van der Waals surface area contributed by atoms with Crippen LogP contribution in [0, 0.1) is 0 Å². The highest BCUT2D eigenvalue weighted by Gasteiger charge is 2.22. The van der Waals surface area contributed by atoms with Crippen molar-refractivity contribution in [3.8, 4) is 22.6 Å². The summed E-state index contributed by atoms with van der Waals surface area (Å²) >= 11 is 6.11. The zero-order chi connectivity index (χ0) is 17.1. The zero-order valence-electron chi connectivity index (χ0n) is 13.8. The molecule has 0 spiro atoms. The number of hydrogen-bond acceptors (Lipinski definition) is 3. The lowest BCUT2D eigenvalue weighted by Crippen LogP contribution is -2.31. The van der Waals surface area contributed by atoms with Crippen molar-refractivity contribution in [3.63, 3.8) is 0 Å². The van der Waals surface area contributed by atoms with E-state index < -0.39 is 0 Å². The normalized spacial score (nSPS) is 13.7. The van der Waals surface area contributed by atoms with Crippen LogP contribution in [-0.4, -0.2) is 31.1 Å². The number of amides is 1. The van der Waals surface area contributed by atoms with Gasteiger partial charge in [0.1, 0.15) is 6.61 Å². The number of fused-ring (bicyclic) bond motifs is 1. The molecule has 126 valence electrons. The molecular weight excluding hydrogens is 326 g/mol. The average Bonchev–Trinajstić information content (AvgIpc) is 2.82. The van der Waals surface area contributed by atoms with Crippen LogP contribution in [0.25, 0.3) is 11.1 Å². The van der Waals surface area contributed by atoms with Crippen LogP contribution in [0.3, 0.4) is 0 Å². The molecule has 3 rings (SSSR count). The molecule has 1 aliphatic rings. The summed E-state index contributed by atoms with van der Waals surface area (Å²) in [6.45, 7) is 3.44. The molecule has 0 saturated carbocycles. The molecule has 0 unspecified atom stereocenters. The Morgan fingerprint density at radius 1 is 1.29 bits per heavy atom. The van der Waals surface area contributed by atoms with Gasteiger partial charge in [-0.05, 0) is 35.4 Å². The Kier molecular flexibility index (Phi) is 4.95. The van der Waals surface area contributed by atoms with Crippen molar-refractivity contribution < 1.29 is 14.3 Å². The first-order chi connectivity index (χ1) is 11.6. The molecule has 0 atom stereocenters. The number of ether oxygens (including phenoxy) is 2. The maximum absolute atomic E-state index is 12.1. The van der Waals surface area contributed by atoms with E-state index >= 15 is 0 Å². The third-order valence-electron chi connectivity index (χ3n) is 4.13. The van der Waals surface area contributed by atoms with Crippen molar-refractivity contribution in [2.24, 2.45) is 0 Å². The van der Waals surface area contributed by atoms with Gasteiger partial charge in [-0.2, -0.15) is 0 Å². The molecule has 24 heavy (non-hydrogen) atoms. The van der Waals surface area contributed by atoms with Crippen molar-refractivity contribution >= 4 is 17.5 Å². The van der Waals surface area contributed by atoms with E-state index in [1.165, 1.54) is 0 Å². The van der Waals surface area contributed by atoms with Gasteiger partial charge in [-0.3, -0.25) is 4.79 Å². The average molecular weight is 346 g/mol. The molecule has 0 aliphatic carbocycles. The molecule has 5 heteroatoms. The SMILES string of the molecule is CCC(=O)N1CCOc2c(cc(-c3cccc(Cl)c3)cc2OC)C1. The lowest BCUT2D eigenvalue weighted by molar-refractivity contribution is -0.131. The standard InChI is InChI=1S/C19H20ClNO3/c1-3-18(22)21-7-8-24-19-15(12-21)9-14(11-17(19)23-2)13-5-4-6-16(20)10-13/h4-6,9-11H,3,7-8,12H2,1-2H3. The number of hydrogen-bond donors (Lipinski definition) is 0. The summed E-state index contributed by atoms with van der Waals surface area (Å²) in [4.78, 5) is 13.9. The number of nitrogens with zero attached hydrogens (tertiary/aromatic N) is 1. The number of carbonyl (C=O) groups excluding carboxylic acids is 1. The van der Waals surface area contributed by atoms with Crippen molar-refractivity contribution in [1.82, 2.24) is 4.90 Å². The van der Waals surface area contributed by atoms with E-state index in [9.17, 15) is 4.79 Å². The molecule has 0 radical (unpaired) electrons. The lowest BCUT2D eigenvalue weighted by Gasteiger charge is -2.19. The summed E-state index contributed by atoms with van der Waals surface area (Å²) in [6.07, 6.45) is 0.487. The maximum Gasteiger partial charge on any atom is 0.222 e. The van der Waals surface area contributed by atoms with Crippen molar-refractivity contribution in [2.45, 2.75) is 19.9 Å². The van der Waals surface area contributed by atoms with Crippen molar-refractivity contribution in [2.75, 3.05) is 20.3 Å². The molecule has 0 aromatic heterocycles. The molecule has 0 fully saturated rings. The second-order valence-corrected chi connectivity index (χ2v) is 6.13. The van der Waals surface area contributed by atoms with Crippen LogP contribution in [0.4, 0.5) is 0 Å². The van der Waals surface area contributed by atoms with Gasteiger partial charge in [0.05, 0.1) is 13.7 Å². The largest absolute Gasteiger partial charge is 0.493 e. The Balaban J connectivity index is 2.06. The van der Waals surface area contributed by atoms with Crippen LogP contribution < -0.4 is 9.47 Å². The summed E-state index contributed by atoms with van der Waals surface area (Å²) in [6, 6.07) is 11.7. The minimum absolute atomic E-state index is 0.124. The van der Waals surface area contributed by atoms with Gasteiger partial charge < -0.3 is 14.4 Å². The van der Waals surface area contributed by atoms with E-state index in [2.05, 4.69) is 0 Å². The van der Waals surface area contributed by atoms with Crippen LogP contribution in [-0.2, 0) is 11.3 Å². The Morgan fingerprint density at radius 3 is 2.83 bits per heavy atom. The quantitative estimate of drug-likeness (QED) is 0.839. The van der Waals surface area contributed by atoms with E-state index in [-0.39, 0.29) is 5.91 Å². The lowest BCUT2D eigenvalue weighted by atomic mass is 10.0. The number of methoxy groups -OCH3 is 1. The number of benzene rings is 2. The minimum atomic E-state index is 0.124. The Hall–Kier alpha value is -2.20. The number of rotatable bonds is 3. The molecule has 0 N–H and O–H groups in total. The summed E-state index contributed by atoms with van der Waals surface area (Å²) in [7, 11) is 1.63. The molecular formula is C19H20ClNO3. The van der Waals surface area contributed by atoms with E-state index in [0.29, 0.717) is 36.9 Å². The highest BCUT2D eigenvalue weighted by Crippen LogP contribution is 2.38. The van der Waals surface area contributed by atoms with Gasteiger partial charge in [-0.25, -0.2) is 0 Å². The Morgan fingerprint density at radius 2 is 2.12 bits per heavy atom. The molecule has 1 aliphatic heterocycles. The molecule has 2 aromatic rings. The first-order valence-electron chi connectivity index (χ1n) is 7.99. The second kappa shape index (κ2) is 7.14. The topological polar surface area (TPSA) is 38.8 Å². The molecule has 2 aromatic carbocycles. The predicted molar refractivity (Wildman–Crippen MR) is 94.6 cm³/mol. The van der Waals surface area contributed by atoms with Crippen LogP contribution >= 0.6 is 11.6 Å². The van der Waals surface area contributed by atoms with E-state index in [1.54, 1.807) is 7.11 Å². The Labute approximate surface area is 146 Å². The summed E-state index contributed by atoms with van der Waals surface area (Å²) in [5.41, 5.74) is 2.94.